The molecular formula is C12H18N4O4. The van der Waals surface area contributed by atoms with Gasteiger partial charge in [0.05, 0.1) is 19.3 Å². The zero-order chi connectivity index (χ0) is 14.5. The highest BCUT2D eigenvalue weighted by atomic mass is 16.5. The van der Waals surface area contributed by atoms with E-state index < -0.39 is 17.9 Å². The van der Waals surface area contributed by atoms with Gasteiger partial charge < -0.3 is 20.5 Å². The largest absolute Gasteiger partial charge is 0.481 e. The predicted octanol–water partition coefficient (Wildman–Crippen LogP) is -0.639. The average molecular weight is 282 g/mol. The van der Waals surface area contributed by atoms with E-state index in [1.807, 2.05) is 13.1 Å². The number of nitrogens with one attached hydrogen (secondary N) is 2. The van der Waals surface area contributed by atoms with Gasteiger partial charge in [-0.25, -0.2) is 4.79 Å². The molecule has 8 nitrogen and oxygen atoms in total. The van der Waals surface area contributed by atoms with E-state index in [0.29, 0.717) is 13.0 Å². The number of carboxylic acids is 1. The molecule has 0 spiro atoms. The molecule has 2 rings (SSSR count). The Bertz CT molecular complexity index is 488. The number of ether oxygens (including phenoxy) is 1. The molecule has 0 bridgehead atoms. The summed E-state index contributed by atoms with van der Waals surface area (Å²) in [4.78, 5) is 22.6. The average Bonchev–Trinajstić information content (AvgIpc) is 2.99. The molecule has 0 saturated carbocycles. The normalized spacial score (nSPS) is 21.6. The molecule has 0 radical (unpaired) electrons. The number of carboxylic acid groups (broad SMARTS) is 1. The van der Waals surface area contributed by atoms with Crippen LogP contribution in [0.25, 0.3) is 0 Å². The fraction of sp³-hybridized carbons (Fsp3) is 0.583. The molecule has 2 atom stereocenters. The number of hydrogen-bond acceptors (Lipinski definition) is 4. The van der Waals surface area contributed by atoms with Crippen molar-refractivity contribution >= 4 is 12.0 Å². The van der Waals surface area contributed by atoms with E-state index in [-0.39, 0.29) is 19.2 Å². The van der Waals surface area contributed by atoms with Crippen LogP contribution < -0.4 is 10.6 Å². The Hall–Kier alpha value is -2.09. The van der Waals surface area contributed by atoms with E-state index in [0.717, 1.165) is 5.69 Å². The monoisotopic (exact) mass is 282 g/mol. The minimum Gasteiger partial charge on any atom is -0.481 e. The fourth-order valence-electron chi connectivity index (χ4n) is 2.11. The van der Waals surface area contributed by atoms with Crippen molar-refractivity contribution in [3.63, 3.8) is 0 Å². The van der Waals surface area contributed by atoms with Gasteiger partial charge >= 0.3 is 12.0 Å². The van der Waals surface area contributed by atoms with Gasteiger partial charge in [-0.15, -0.1) is 0 Å². The lowest BCUT2D eigenvalue weighted by Crippen LogP contribution is -2.47. The molecule has 1 aliphatic heterocycles. The molecule has 1 aromatic heterocycles. The van der Waals surface area contributed by atoms with Crippen LogP contribution in [0.4, 0.5) is 4.79 Å². The van der Waals surface area contributed by atoms with Crippen LogP contribution in [-0.2, 0) is 23.0 Å². The molecule has 2 amide bonds. The predicted molar refractivity (Wildman–Crippen MR) is 69.2 cm³/mol. The van der Waals surface area contributed by atoms with Gasteiger partial charge in [-0.3, -0.25) is 9.48 Å². The maximum absolute atomic E-state index is 11.7. The summed E-state index contributed by atoms with van der Waals surface area (Å²) in [5.41, 5.74) is 1.01. The lowest BCUT2D eigenvalue weighted by Gasteiger charge is -2.16. The lowest BCUT2D eigenvalue weighted by atomic mass is 10.0. The first-order valence-corrected chi connectivity index (χ1v) is 6.39. The van der Waals surface area contributed by atoms with Crippen molar-refractivity contribution in [2.45, 2.75) is 12.5 Å². The number of amides is 2. The first kappa shape index (κ1) is 14.3. The van der Waals surface area contributed by atoms with Gasteiger partial charge in [-0.1, -0.05) is 0 Å². The Balaban J connectivity index is 1.73. The van der Waals surface area contributed by atoms with Gasteiger partial charge in [0.15, 0.2) is 0 Å². The molecule has 110 valence electrons. The topological polar surface area (TPSA) is 105 Å². The van der Waals surface area contributed by atoms with Crippen molar-refractivity contribution in [2.75, 3.05) is 19.8 Å². The minimum absolute atomic E-state index is 0.134. The highest BCUT2D eigenvalue weighted by molar-refractivity contribution is 5.77. The summed E-state index contributed by atoms with van der Waals surface area (Å²) in [6, 6.07) is 1.02. The SMILES string of the molecule is Cn1nccc1CCNC(=O)NC1COCC1C(=O)O. The van der Waals surface area contributed by atoms with Crippen molar-refractivity contribution in [1.82, 2.24) is 20.4 Å². The first-order valence-electron chi connectivity index (χ1n) is 6.39. The van der Waals surface area contributed by atoms with Crippen molar-refractivity contribution in [2.24, 2.45) is 13.0 Å². The van der Waals surface area contributed by atoms with Gasteiger partial charge in [-0.2, -0.15) is 5.10 Å². The van der Waals surface area contributed by atoms with Crippen molar-refractivity contribution in [3.05, 3.63) is 18.0 Å². The summed E-state index contributed by atoms with van der Waals surface area (Å²) in [6.07, 6.45) is 2.36. The van der Waals surface area contributed by atoms with E-state index in [9.17, 15) is 9.59 Å². The van der Waals surface area contributed by atoms with Crippen LogP contribution in [-0.4, -0.2) is 52.7 Å². The van der Waals surface area contributed by atoms with Gasteiger partial charge in [0, 0.05) is 31.9 Å². The molecular weight excluding hydrogens is 264 g/mol. The minimum atomic E-state index is -0.956. The molecule has 1 aromatic rings. The van der Waals surface area contributed by atoms with Crippen LogP contribution in [0.1, 0.15) is 5.69 Å². The van der Waals surface area contributed by atoms with Gasteiger partial charge in [0.1, 0.15) is 5.92 Å². The van der Waals surface area contributed by atoms with Gasteiger partial charge in [0.25, 0.3) is 0 Å². The summed E-state index contributed by atoms with van der Waals surface area (Å²) < 4.78 is 6.82. The standard InChI is InChI=1S/C12H18N4O4/c1-16-8(3-5-14-16)2-4-13-12(19)15-10-7-20-6-9(10)11(17)18/h3,5,9-10H,2,4,6-7H2,1H3,(H,17,18)(H2,13,15,19). The van der Waals surface area contributed by atoms with Crippen LogP contribution >= 0.6 is 0 Å². The first-order chi connectivity index (χ1) is 9.58. The summed E-state index contributed by atoms with van der Waals surface area (Å²) in [5, 5.41) is 18.3. The Morgan fingerprint density at radius 1 is 1.55 bits per heavy atom. The van der Waals surface area contributed by atoms with E-state index in [2.05, 4.69) is 15.7 Å². The summed E-state index contributed by atoms with van der Waals surface area (Å²) in [5.74, 6) is -1.64. The second kappa shape index (κ2) is 6.38. The zero-order valence-electron chi connectivity index (χ0n) is 11.2. The molecule has 1 aliphatic rings. The Morgan fingerprint density at radius 3 is 3.00 bits per heavy atom. The zero-order valence-corrected chi connectivity index (χ0v) is 11.2. The number of nitrogens with zero attached hydrogens (tertiary/aromatic N) is 2. The molecule has 1 fully saturated rings. The number of urea groups is 1. The van der Waals surface area contributed by atoms with Crippen molar-refractivity contribution in [1.29, 1.82) is 0 Å². The number of aromatic nitrogens is 2. The maximum Gasteiger partial charge on any atom is 0.315 e. The van der Waals surface area contributed by atoms with E-state index in [1.54, 1.807) is 10.9 Å². The summed E-state index contributed by atoms with van der Waals surface area (Å²) in [6.45, 7) is 0.818. The summed E-state index contributed by atoms with van der Waals surface area (Å²) in [7, 11) is 1.84. The molecule has 0 aliphatic carbocycles. The smallest absolute Gasteiger partial charge is 0.315 e. The number of aryl methyl sites for hydroxylation is 1. The Morgan fingerprint density at radius 2 is 2.35 bits per heavy atom. The number of carbonyl (C=O) groups is 2. The van der Waals surface area contributed by atoms with Gasteiger partial charge in [0.2, 0.25) is 0 Å². The third kappa shape index (κ3) is 3.47. The molecule has 2 heterocycles. The van der Waals surface area contributed by atoms with Crippen LogP contribution in [0.15, 0.2) is 12.3 Å². The molecule has 3 N–H and O–H groups in total. The molecule has 20 heavy (non-hydrogen) atoms. The Labute approximate surface area is 116 Å². The second-order valence-electron chi connectivity index (χ2n) is 4.69. The molecule has 1 saturated heterocycles. The van der Waals surface area contributed by atoms with E-state index >= 15 is 0 Å². The van der Waals surface area contributed by atoms with Crippen LogP contribution in [0, 0.1) is 5.92 Å². The molecule has 2 unspecified atom stereocenters. The third-order valence-corrected chi connectivity index (χ3v) is 3.30. The highest BCUT2D eigenvalue weighted by Gasteiger charge is 2.34. The second-order valence-corrected chi connectivity index (χ2v) is 4.69. The van der Waals surface area contributed by atoms with Crippen molar-refractivity contribution < 1.29 is 19.4 Å². The molecule has 0 aromatic carbocycles. The van der Waals surface area contributed by atoms with Crippen LogP contribution in [0.3, 0.4) is 0 Å². The lowest BCUT2D eigenvalue weighted by molar-refractivity contribution is -0.142. The Kier molecular flexibility index (Phi) is 4.57. The van der Waals surface area contributed by atoms with E-state index in [4.69, 9.17) is 9.84 Å². The number of aliphatic carboxylic acids is 1. The highest BCUT2D eigenvalue weighted by Crippen LogP contribution is 2.13. The third-order valence-electron chi connectivity index (χ3n) is 3.30. The maximum atomic E-state index is 11.7. The van der Waals surface area contributed by atoms with Crippen LogP contribution in [0.5, 0.6) is 0 Å². The van der Waals surface area contributed by atoms with Crippen molar-refractivity contribution in [3.8, 4) is 0 Å². The number of rotatable bonds is 5. The summed E-state index contributed by atoms with van der Waals surface area (Å²) >= 11 is 0. The van der Waals surface area contributed by atoms with Gasteiger partial charge in [-0.05, 0) is 6.07 Å². The number of carbonyl (C=O) groups excluding carboxylic acids is 1. The number of hydrogen-bond donors (Lipinski definition) is 3. The molecule has 8 heteroatoms. The quantitative estimate of drug-likeness (QED) is 0.666. The fourth-order valence-corrected chi connectivity index (χ4v) is 2.11. The van der Waals surface area contributed by atoms with Crippen LogP contribution in [0.2, 0.25) is 0 Å². The van der Waals surface area contributed by atoms with E-state index in [1.165, 1.54) is 0 Å².